The van der Waals surface area contributed by atoms with E-state index in [4.69, 9.17) is 0 Å². The number of aliphatic imine (C=N–C) groups is 1. The average Bonchev–Trinajstić information content (AvgIpc) is 2.27. The predicted octanol–water partition coefficient (Wildman–Crippen LogP) is 2.78. The number of hydrogen-bond donors (Lipinski definition) is 1. The van der Waals surface area contributed by atoms with Crippen LogP contribution < -0.4 is 5.32 Å². The van der Waals surface area contributed by atoms with E-state index in [1.165, 1.54) is 6.08 Å². The van der Waals surface area contributed by atoms with Crippen LogP contribution in [-0.4, -0.2) is 12.0 Å². The minimum atomic E-state index is -0.0194. The SMILES string of the molecule is CCCCC(=O)Nc1cccc(N=C=O)c1. The Morgan fingerprint density at radius 1 is 1.50 bits per heavy atom. The number of carbonyl (C=O) groups excluding carboxylic acids is 2. The van der Waals surface area contributed by atoms with Crippen molar-refractivity contribution in [3.63, 3.8) is 0 Å². The zero-order valence-electron chi connectivity index (χ0n) is 9.19. The smallest absolute Gasteiger partial charge is 0.240 e. The van der Waals surface area contributed by atoms with Crippen LogP contribution in [0.3, 0.4) is 0 Å². The van der Waals surface area contributed by atoms with Gasteiger partial charge in [0.2, 0.25) is 12.0 Å². The van der Waals surface area contributed by atoms with Gasteiger partial charge >= 0.3 is 0 Å². The molecule has 0 fully saturated rings. The van der Waals surface area contributed by atoms with E-state index in [1.807, 2.05) is 6.92 Å². The maximum atomic E-state index is 11.4. The first-order valence-corrected chi connectivity index (χ1v) is 5.24. The second kappa shape index (κ2) is 6.53. The molecule has 4 nitrogen and oxygen atoms in total. The highest BCUT2D eigenvalue weighted by Gasteiger charge is 2.01. The number of carbonyl (C=O) groups is 1. The van der Waals surface area contributed by atoms with Crippen molar-refractivity contribution in [2.45, 2.75) is 26.2 Å². The third kappa shape index (κ3) is 4.07. The topological polar surface area (TPSA) is 58.5 Å². The summed E-state index contributed by atoms with van der Waals surface area (Å²) in [6, 6.07) is 6.79. The molecule has 0 heterocycles. The first-order valence-electron chi connectivity index (χ1n) is 5.24. The molecule has 1 aromatic carbocycles. The third-order valence-electron chi connectivity index (χ3n) is 2.06. The summed E-state index contributed by atoms with van der Waals surface area (Å²) in [5.74, 6) is -0.0194. The molecule has 0 aliphatic rings. The van der Waals surface area contributed by atoms with E-state index < -0.39 is 0 Å². The van der Waals surface area contributed by atoms with Gasteiger partial charge in [0, 0.05) is 12.1 Å². The van der Waals surface area contributed by atoms with Crippen LogP contribution in [0.4, 0.5) is 11.4 Å². The Kier molecular flexibility index (Phi) is 4.96. The molecular weight excluding hydrogens is 204 g/mol. The van der Waals surface area contributed by atoms with Crippen LogP contribution in [-0.2, 0) is 9.59 Å². The largest absolute Gasteiger partial charge is 0.326 e. The van der Waals surface area contributed by atoms with Crippen LogP contribution in [0.2, 0.25) is 0 Å². The minimum absolute atomic E-state index is 0.0194. The van der Waals surface area contributed by atoms with Gasteiger partial charge in [0.1, 0.15) is 0 Å². The summed E-state index contributed by atoms with van der Waals surface area (Å²) in [5, 5.41) is 2.75. The molecule has 0 aromatic heterocycles. The molecule has 0 saturated carbocycles. The Morgan fingerprint density at radius 3 is 3.00 bits per heavy atom. The van der Waals surface area contributed by atoms with Crippen LogP contribution in [0, 0.1) is 0 Å². The van der Waals surface area contributed by atoms with E-state index in [0.29, 0.717) is 17.8 Å². The first-order chi connectivity index (χ1) is 7.76. The summed E-state index contributed by atoms with van der Waals surface area (Å²) in [5.41, 5.74) is 1.14. The van der Waals surface area contributed by atoms with Crippen LogP contribution in [0.1, 0.15) is 26.2 Å². The van der Waals surface area contributed by atoms with Gasteiger partial charge in [-0.2, -0.15) is 4.99 Å². The quantitative estimate of drug-likeness (QED) is 0.610. The normalized spacial score (nSPS) is 9.31. The minimum Gasteiger partial charge on any atom is -0.326 e. The molecule has 1 rings (SSSR count). The molecule has 1 aromatic rings. The van der Waals surface area contributed by atoms with Gasteiger partial charge in [0.15, 0.2) is 0 Å². The summed E-state index contributed by atoms with van der Waals surface area (Å²) < 4.78 is 0. The van der Waals surface area contributed by atoms with Gasteiger partial charge in [0.25, 0.3) is 0 Å². The van der Waals surface area contributed by atoms with E-state index in [0.717, 1.165) is 12.8 Å². The summed E-state index contributed by atoms with van der Waals surface area (Å²) >= 11 is 0. The maximum absolute atomic E-state index is 11.4. The molecule has 0 aliphatic carbocycles. The highest BCUT2D eigenvalue weighted by atomic mass is 16.1. The van der Waals surface area contributed by atoms with Gasteiger partial charge in [-0.25, -0.2) is 4.79 Å². The van der Waals surface area contributed by atoms with Gasteiger partial charge in [-0.05, 0) is 24.6 Å². The fraction of sp³-hybridized carbons (Fsp3) is 0.333. The van der Waals surface area contributed by atoms with Crippen molar-refractivity contribution in [3.05, 3.63) is 24.3 Å². The summed E-state index contributed by atoms with van der Waals surface area (Å²) in [7, 11) is 0. The van der Waals surface area contributed by atoms with Crippen LogP contribution in [0.15, 0.2) is 29.3 Å². The number of amides is 1. The third-order valence-corrected chi connectivity index (χ3v) is 2.06. The molecule has 0 radical (unpaired) electrons. The summed E-state index contributed by atoms with van der Waals surface area (Å²) in [6.45, 7) is 2.03. The number of isocyanates is 1. The van der Waals surface area contributed by atoms with Gasteiger partial charge < -0.3 is 5.32 Å². The van der Waals surface area contributed by atoms with E-state index >= 15 is 0 Å². The van der Waals surface area contributed by atoms with E-state index in [1.54, 1.807) is 24.3 Å². The van der Waals surface area contributed by atoms with Crippen LogP contribution in [0.5, 0.6) is 0 Å². The number of anilines is 1. The average molecular weight is 218 g/mol. The molecule has 0 aliphatic heterocycles. The number of hydrogen-bond acceptors (Lipinski definition) is 3. The molecule has 1 amide bonds. The molecule has 0 saturated heterocycles. The standard InChI is InChI=1S/C12H14N2O2/c1-2-3-7-12(16)14-11-6-4-5-10(8-11)13-9-15/h4-6,8H,2-3,7H2,1H3,(H,14,16). The maximum Gasteiger partial charge on any atom is 0.240 e. The second-order valence-electron chi connectivity index (χ2n) is 3.41. The zero-order chi connectivity index (χ0) is 11.8. The lowest BCUT2D eigenvalue weighted by molar-refractivity contribution is -0.116. The molecule has 1 N–H and O–H groups in total. The lowest BCUT2D eigenvalue weighted by atomic mass is 10.2. The molecule has 0 atom stereocenters. The lowest BCUT2D eigenvalue weighted by Gasteiger charge is -2.04. The highest BCUT2D eigenvalue weighted by molar-refractivity contribution is 5.91. The molecule has 0 spiro atoms. The Bertz CT molecular complexity index is 409. The highest BCUT2D eigenvalue weighted by Crippen LogP contribution is 2.17. The first kappa shape index (κ1) is 12.1. The summed E-state index contributed by atoms with van der Waals surface area (Å²) in [6.07, 6.45) is 3.83. The fourth-order valence-corrected chi connectivity index (χ4v) is 1.27. The van der Waals surface area contributed by atoms with E-state index in [-0.39, 0.29) is 5.91 Å². The molecular formula is C12H14N2O2. The zero-order valence-corrected chi connectivity index (χ0v) is 9.19. The molecule has 0 unspecified atom stereocenters. The van der Waals surface area contributed by atoms with Gasteiger partial charge in [-0.1, -0.05) is 19.4 Å². The number of benzene rings is 1. The van der Waals surface area contributed by atoms with Crippen molar-refractivity contribution < 1.29 is 9.59 Å². The van der Waals surface area contributed by atoms with Gasteiger partial charge in [0.05, 0.1) is 5.69 Å². The molecule has 0 bridgehead atoms. The number of nitrogens with zero attached hydrogens (tertiary/aromatic N) is 1. The second-order valence-corrected chi connectivity index (χ2v) is 3.41. The Balaban J connectivity index is 2.62. The number of rotatable bonds is 5. The van der Waals surface area contributed by atoms with E-state index in [9.17, 15) is 9.59 Å². The monoisotopic (exact) mass is 218 g/mol. The van der Waals surface area contributed by atoms with Crippen molar-refractivity contribution >= 4 is 23.4 Å². The Morgan fingerprint density at radius 2 is 2.31 bits per heavy atom. The van der Waals surface area contributed by atoms with Crippen molar-refractivity contribution in [2.24, 2.45) is 4.99 Å². The molecule has 16 heavy (non-hydrogen) atoms. The molecule has 84 valence electrons. The molecule has 4 heteroatoms. The predicted molar refractivity (Wildman–Crippen MR) is 62.4 cm³/mol. The lowest BCUT2D eigenvalue weighted by Crippen LogP contribution is -2.10. The fourth-order valence-electron chi connectivity index (χ4n) is 1.27. The number of unbranched alkanes of at least 4 members (excludes halogenated alkanes) is 1. The van der Waals surface area contributed by atoms with Crippen molar-refractivity contribution in [2.75, 3.05) is 5.32 Å². The van der Waals surface area contributed by atoms with Crippen LogP contribution >= 0.6 is 0 Å². The number of nitrogens with one attached hydrogen (secondary N) is 1. The Hall–Kier alpha value is -1.93. The van der Waals surface area contributed by atoms with Crippen molar-refractivity contribution in [1.82, 2.24) is 0 Å². The van der Waals surface area contributed by atoms with Gasteiger partial charge in [-0.3, -0.25) is 4.79 Å². The van der Waals surface area contributed by atoms with Gasteiger partial charge in [-0.15, -0.1) is 0 Å². The van der Waals surface area contributed by atoms with Crippen LogP contribution in [0.25, 0.3) is 0 Å². The van der Waals surface area contributed by atoms with E-state index in [2.05, 4.69) is 10.3 Å². The Labute approximate surface area is 94.4 Å². The van der Waals surface area contributed by atoms with Crippen molar-refractivity contribution in [3.8, 4) is 0 Å². The van der Waals surface area contributed by atoms with Crippen molar-refractivity contribution in [1.29, 1.82) is 0 Å². The summed E-state index contributed by atoms with van der Waals surface area (Å²) in [4.78, 5) is 25.0.